The highest BCUT2D eigenvalue weighted by Gasteiger charge is 2.47. The quantitative estimate of drug-likeness (QED) is 0.633. The maximum atomic E-state index is 5.97. The first-order chi connectivity index (χ1) is 9.78. The molecule has 1 fully saturated rings. The lowest BCUT2D eigenvalue weighted by molar-refractivity contribution is -0.282. The molecule has 0 radical (unpaired) electrons. The van der Waals surface area contributed by atoms with E-state index in [2.05, 4.69) is 57.4 Å². The minimum Gasteiger partial charge on any atom is -0.294 e. The Morgan fingerprint density at radius 1 is 1.00 bits per heavy atom. The van der Waals surface area contributed by atoms with Gasteiger partial charge in [0.25, 0.3) is 0 Å². The van der Waals surface area contributed by atoms with Crippen LogP contribution >= 0.6 is 0 Å². The van der Waals surface area contributed by atoms with Gasteiger partial charge in [0.15, 0.2) is 0 Å². The molecule has 1 rings (SSSR count). The molecule has 1 saturated heterocycles. The lowest BCUT2D eigenvalue weighted by atomic mass is 9.78. The lowest BCUT2D eigenvalue weighted by Gasteiger charge is -2.55. The topological polar surface area (TPSA) is 15.7 Å². The van der Waals surface area contributed by atoms with Gasteiger partial charge >= 0.3 is 0 Å². The van der Waals surface area contributed by atoms with E-state index in [0.29, 0.717) is 12.6 Å². The molecule has 0 bridgehead atoms. The molecule has 0 aromatic heterocycles. The number of piperidine rings is 1. The average Bonchev–Trinajstić information content (AvgIpc) is 2.36. The second-order valence-electron chi connectivity index (χ2n) is 7.10. The Kier molecular flexibility index (Phi) is 6.39. The lowest BCUT2D eigenvalue weighted by Crippen LogP contribution is -2.64. The van der Waals surface area contributed by atoms with E-state index < -0.39 is 0 Å². The summed E-state index contributed by atoms with van der Waals surface area (Å²) in [4.78, 5) is 8.42. The molecule has 0 spiro atoms. The second kappa shape index (κ2) is 7.39. The van der Waals surface area contributed by atoms with E-state index in [1.165, 1.54) is 0 Å². The third-order valence-electron chi connectivity index (χ3n) is 4.13. The van der Waals surface area contributed by atoms with E-state index >= 15 is 0 Å². The van der Waals surface area contributed by atoms with Crippen LogP contribution in [0, 0.1) is 0 Å². The third-order valence-corrected chi connectivity index (χ3v) is 4.13. The van der Waals surface area contributed by atoms with E-state index in [9.17, 15) is 0 Å². The van der Waals surface area contributed by atoms with E-state index in [-0.39, 0.29) is 11.1 Å². The highest BCUT2D eigenvalue weighted by Crippen LogP contribution is 2.40. The molecule has 21 heavy (non-hydrogen) atoms. The summed E-state index contributed by atoms with van der Waals surface area (Å²) in [5, 5.41) is 2.16. The van der Waals surface area contributed by atoms with Crippen molar-refractivity contribution < 1.29 is 4.84 Å². The Morgan fingerprint density at radius 2 is 1.48 bits per heavy atom. The summed E-state index contributed by atoms with van der Waals surface area (Å²) in [6.45, 7) is 22.9. The predicted octanol–water partition coefficient (Wildman–Crippen LogP) is 3.80. The highest BCUT2D eigenvalue weighted by atomic mass is 16.7. The fourth-order valence-corrected chi connectivity index (χ4v) is 3.65. The van der Waals surface area contributed by atoms with Gasteiger partial charge in [0, 0.05) is 30.2 Å². The van der Waals surface area contributed by atoms with Crippen molar-refractivity contribution in [1.82, 2.24) is 9.96 Å². The van der Waals surface area contributed by atoms with E-state index in [0.717, 1.165) is 25.9 Å². The van der Waals surface area contributed by atoms with Gasteiger partial charge in [0.2, 0.25) is 0 Å². The van der Waals surface area contributed by atoms with Crippen molar-refractivity contribution in [2.24, 2.45) is 0 Å². The van der Waals surface area contributed by atoms with E-state index in [1.54, 1.807) is 6.08 Å². The van der Waals surface area contributed by atoms with Crippen LogP contribution in [-0.4, -0.2) is 46.8 Å². The molecule has 3 nitrogen and oxygen atoms in total. The van der Waals surface area contributed by atoms with Crippen molar-refractivity contribution in [3.8, 4) is 0 Å². The van der Waals surface area contributed by atoms with Crippen LogP contribution in [0.15, 0.2) is 38.0 Å². The minimum absolute atomic E-state index is 0.0178. The molecule has 0 saturated carbocycles. The van der Waals surface area contributed by atoms with Crippen LogP contribution in [0.1, 0.15) is 40.5 Å². The number of hydroxylamine groups is 2. The Bertz CT molecular complexity index is 345. The largest absolute Gasteiger partial charge is 0.294 e. The zero-order chi connectivity index (χ0) is 16.1. The van der Waals surface area contributed by atoms with Crippen molar-refractivity contribution in [3.05, 3.63) is 38.0 Å². The van der Waals surface area contributed by atoms with Crippen molar-refractivity contribution in [3.63, 3.8) is 0 Å². The van der Waals surface area contributed by atoms with Gasteiger partial charge in [-0.15, -0.1) is 19.7 Å². The van der Waals surface area contributed by atoms with Gasteiger partial charge in [-0.25, -0.2) is 0 Å². The molecular weight excluding hydrogens is 260 g/mol. The highest BCUT2D eigenvalue weighted by molar-refractivity contribution is 5.01. The normalized spacial score (nSPS) is 22.1. The zero-order valence-electron chi connectivity index (χ0n) is 14.3. The first-order valence-corrected chi connectivity index (χ1v) is 7.78. The molecule has 3 heteroatoms. The third kappa shape index (κ3) is 4.53. The van der Waals surface area contributed by atoms with Crippen molar-refractivity contribution >= 4 is 0 Å². The zero-order valence-corrected chi connectivity index (χ0v) is 14.3. The van der Waals surface area contributed by atoms with E-state index in [4.69, 9.17) is 4.84 Å². The molecule has 1 heterocycles. The van der Waals surface area contributed by atoms with Crippen LogP contribution in [0.5, 0.6) is 0 Å². The molecule has 1 aliphatic rings. The summed E-state index contributed by atoms with van der Waals surface area (Å²) in [5.41, 5.74) is -0.0357. The molecule has 1 aliphatic heterocycles. The average molecular weight is 292 g/mol. The number of nitrogens with zero attached hydrogens (tertiary/aromatic N) is 2. The molecular formula is C18H32N2O. The van der Waals surface area contributed by atoms with Gasteiger partial charge in [-0.2, -0.15) is 5.06 Å². The standard InChI is InChI=1S/C18H32N2O/c1-8-11-19(12-9-2)16-14-17(4,5)20(21-13-10-3)18(6,7)15-16/h8-10,16H,1-3,11-15H2,4-7H3. The van der Waals surface area contributed by atoms with Gasteiger partial charge in [-0.3, -0.25) is 9.74 Å². The van der Waals surface area contributed by atoms with Crippen LogP contribution in [0.4, 0.5) is 0 Å². The Hall–Kier alpha value is -0.900. The SMILES string of the molecule is C=CCON1C(C)(C)CC(N(CC=C)CC=C)CC1(C)C. The minimum atomic E-state index is -0.0178. The van der Waals surface area contributed by atoms with Gasteiger partial charge < -0.3 is 0 Å². The Morgan fingerprint density at radius 3 is 1.86 bits per heavy atom. The van der Waals surface area contributed by atoms with Gasteiger partial charge in [-0.1, -0.05) is 18.2 Å². The molecule has 0 unspecified atom stereocenters. The molecule has 0 aliphatic carbocycles. The van der Waals surface area contributed by atoms with Crippen LogP contribution in [0.25, 0.3) is 0 Å². The van der Waals surface area contributed by atoms with Crippen LogP contribution in [-0.2, 0) is 4.84 Å². The number of hydrogen-bond acceptors (Lipinski definition) is 3. The van der Waals surface area contributed by atoms with Crippen molar-refractivity contribution in [1.29, 1.82) is 0 Å². The van der Waals surface area contributed by atoms with E-state index in [1.807, 2.05) is 12.2 Å². The molecule has 0 aromatic rings. The first kappa shape index (κ1) is 18.1. The fourth-order valence-electron chi connectivity index (χ4n) is 3.65. The smallest absolute Gasteiger partial charge is 0.0864 e. The van der Waals surface area contributed by atoms with Gasteiger partial charge in [0.1, 0.15) is 0 Å². The summed E-state index contributed by atoms with van der Waals surface area (Å²) in [6.07, 6.45) is 7.89. The molecule has 0 N–H and O–H groups in total. The van der Waals surface area contributed by atoms with Gasteiger partial charge in [0.05, 0.1) is 6.61 Å². The summed E-state index contributed by atoms with van der Waals surface area (Å²) in [6, 6.07) is 0.509. The number of rotatable bonds is 8. The maximum absolute atomic E-state index is 5.97. The number of hydrogen-bond donors (Lipinski definition) is 0. The second-order valence-corrected chi connectivity index (χ2v) is 7.10. The summed E-state index contributed by atoms with van der Waals surface area (Å²) >= 11 is 0. The molecule has 0 atom stereocenters. The maximum Gasteiger partial charge on any atom is 0.0864 e. The molecule has 0 aromatic carbocycles. The van der Waals surface area contributed by atoms with Crippen LogP contribution in [0.3, 0.4) is 0 Å². The summed E-state index contributed by atoms with van der Waals surface area (Å²) in [5.74, 6) is 0. The molecule has 120 valence electrons. The van der Waals surface area contributed by atoms with Crippen LogP contribution in [0.2, 0.25) is 0 Å². The fraction of sp³-hybridized carbons (Fsp3) is 0.667. The Balaban J connectivity index is 2.93. The summed E-state index contributed by atoms with van der Waals surface area (Å²) < 4.78 is 0. The Labute approximate surface area is 130 Å². The van der Waals surface area contributed by atoms with Gasteiger partial charge in [-0.05, 0) is 40.5 Å². The predicted molar refractivity (Wildman–Crippen MR) is 91.1 cm³/mol. The first-order valence-electron chi connectivity index (χ1n) is 7.78. The monoisotopic (exact) mass is 292 g/mol. The van der Waals surface area contributed by atoms with Crippen molar-refractivity contribution in [2.45, 2.75) is 57.7 Å². The molecule has 0 amide bonds. The summed E-state index contributed by atoms with van der Waals surface area (Å²) in [7, 11) is 0. The van der Waals surface area contributed by atoms with Crippen molar-refractivity contribution in [2.75, 3.05) is 19.7 Å². The van der Waals surface area contributed by atoms with Crippen LogP contribution < -0.4 is 0 Å².